The van der Waals surface area contributed by atoms with E-state index in [4.69, 9.17) is 10.8 Å². The zero-order valence-electron chi connectivity index (χ0n) is 9.92. The molecule has 0 aliphatic rings. The van der Waals surface area contributed by atoms with Crippen molar-refractivity contribution in [3.05, 3.63) is 0 Å². The standard InChI is InChI=1S/C11H23NO2/c1-8(2)6-11(5,7-9(13)14)10(3,4)12/h8H,6-7,12H2,1-5H3,(H,13,14). The van der Waals surface area contributed by atoms with Crippen molar-refractivity contribution >= 4 is 5.97 Å². The first-order chi connectivity index (χ1) is 6.08. The second kappa shape index (κ2) is 4.30. The molecule has 0 aromatic heterocycles. The molecule has 0 aliphatic heterocycles. The van der Waals surface area contributed by atoms with Gasteiger partial charge in [-0.3, -0.25) is 4.79 Å². The molecular weight excluding hydrogens is 178 g/mol. The van der Waals surface area contributed by atoms with Gasteiger partial charge >= 0.3 is 5.97 Å². The van der Waals surface area contributed by atoms with Crippen LogP contribution in [0.4, 0.5) is 0 Å². The highest BCUT2D eigenvalue weighted by atomic mass is 16.4. The van der Waals surface area contributed by atoms with E-state index < -0.39 is 11.5 Å². The summed E-state index contributed by atoms with van der Waals surface area (Å²) < 4.78 is 0. The molecule has 0 aliphatic carbocycles. The largest absolute Gasteiger partial charge is 0.481 e. The number of nitrogens with two attached hydrogens (primary N) is 1. The van der Waals surface area contributed by atoms with E-state index in [1.807, 2.05) is 20.8 Å². The third-order valence-electron chi connectivity index (χ3n) is 2.96. The summed E-state index contributed by atoms with van der Waals surface area (Å²) in [5, 5.41) is 8.87. The highest BCUT2D eigenvalue weighted by molar-refractivity contribution is 5.68. The normalized spacial score (nSPS) is 16.8. The first-order valence-electron chi connectivity index (χ1n) is 5.09. The number of hydrogen-bond donors (Lipinski definition) is 2. The molecule has 3 nitrogen and oxygen atoms in total. The second-order valence-corrected chi connectivity index (χ2v) is 5.45. The van der Waals surface area contributed by atoms with E-state index in [1.54, 1.807) is 0 Å². The number of carboxylic acids is 1. The molecule has 0 amide bonds. The molecule has 0 heterocycles. The van der Waals surface area contributed by atoms with Crippen molar-refractivity contribution in [2.45, 2.75) is 53.0 Å². The molecule has 0 fully saturated rings. The highest BCUT2D eigenvalue weighted by Gasteiger charge is 2.40. The lowest BCUT2D eigenvalue weighted by Crippen LogP contribution is -2.50. The minimum absolute atomic E-state index is 0.134. The summed E-state index contributed by atoms with van der Waals surface area (Å²) in [4.78, 5) is 10.8. The van der Waals surface area contributed by atoms with Gasteiger partial charge in [0.15, 0.2) is 0 Å². The van der Waals surface area contributed by atoms with Crippen molar-refractivity contribution in [3.63, 3.8) is 0 Å². The Morgan fingerprint density at radius 2 is 1.79 bits per heavy atom. The number of aliphatic carboxylic acids is 1. The van der Waals surface area contributed by atoms with Gasteiger partial charge in [-0.05, 0) is 31.6 Å². The Labute approximate surface area is 86.7 Å². The smallest absolute Gasteiger partial charge is 0.303 e. The van der Waals surface area contributed by atoms with E-state index in [0.717, 1.165) is 6.42 Å². The van der Waals surface area contributed by atoms with Crippen LogP contribution >= 0.6 is 0 Å². The van der Waals surface area contributed by atoms with Gasteiger partial charge in [0, 0.05) is 5.54 Å². The summed E-state index contributed by atoms with van der Waals surface area (Å²) >= 11 is 0. The summed E-state index contributed by atoms with van der Waals surface area (Å²) in [6.45, 7) is 9.94. The quantitative estimate of drug-likeness (QED) is 0.717. The lowest BCUT2D eigenvalue weighted by atomic mass is 9.67. The summed E-state index contributed by atoms with van der Waals surface area (Å²) in [5.74, 6) is -0.311. The SMILES string of the molecule is CC(C)CC(C)(CC(=O)O)C(C)(C)N. The summed E-state index contributed by atoms with van der Waals surface area (Å²) in [7, 11) is 0. The molecule has 14 heavy (non-hydrogen) atoms. The lowest BCUT2D eigenvalue weighted by molar-refractivity contribution is -0.141. The molecule has 0 aromatic rings. The average Bonchev–Trinajstić information content (AvgIpc) is 1.78. The first kappa shape index (κ1) is 13.4. The van der Waals surface area contributed by atoms with Gasteiger partial charge in [0.1, 0.15) is 0 Å². The average molecular weight is 201 g/mol. The fraction of sp³-hybridized carbons (Fsp3) is 0.909. The molecule has 0 saturated heterocycles. The Balaban J connectivity index is 4.76. The molecule has 3 N–H and O–H groups in total. The van der Waals surface area contributed by atoms with Crippen LogP contribution in [0.25, 0.3) is 0 Å². The molecule has 84 valence electrons. The first-order valence-corrected chi connectivity index (χ1v) is 5.09. The lowest BCUT2D eigenvalue weighted by Gasteiger charge is -2.42. The molecule has 1 unspecified atom stereocenters. The molecule has 3 heteroatoms. The van der Waals surface area contributed by atoms with Crippen molar-refractivity contribution in [3.8, 4) is 0 Å². The van der Waals surface area contributed by atoms with Crippen LogP contribution in [-0.4, -0.2) is 16.6 Å². The highest BCUT2D eigenvalue weighted by Crippen LogP contribution is 2.38. The molecule has 0 aromatic carbocycles. The van der Waals surface area contributed by atoms with Crippen LogP contribution in [0.3, 0.4) is 0 Å². The van der Waals surface area contributed by atoms with Crippen LogP contribution in [0.2, 0.25) is 0 Å². The number of carboxylic acid groups (broad SMARTS) is 1. The maximum absolute atomic E-state index is 10.8. The van der Waals surface area contributed by atoms with Gasteiger partial charge in [0.2, 0.25) is 0 Å². The zero-order valence-corrected chi connectivity index (χ0v) is 9.92. The topological polar surface area (TPSA) is 63.3 Å². The molecule has 0 spiro atoms. The van der Waals surface area contributed by atoms with Crippen LogP contribution in [0.1, 0.15) is 47.5 Å². The van der Waals surface area contributed by atoms with E-state index in [2.05, 4.69) is 13.8 Å². The molecule has 0 saturated carbocycles. The van der Waals surface area contributed by atoms with Gasteiger partial charge in [0.05, 0.1) is 6.42 Å². The van der Waals surface area contributed by atoms with Crippen LogP contribution in [-0.2, 0) is 4.79 Å². The molecule has 0 rings (SSSR count). The minimum atomic E-state index is -0.772. The molecule has 0 bridgehead atoms. The Kier molecular flexibility index (Phi) is 4.13. The maximum atomic E-state index is 10.8. The predicted octanol–water partition coefficient (Wildman–Crippen LogP) is 2.25. The van der Waals surface area contributed by atoms with Gasteiger partial charge in [-0.25, -0.2) is 0 Å². The summed E-state index contributed by atoms with van der Waals surface area (Å²) in [5.41, 5.74) is 5.24. The van der Waals surface area contributed by atoms with Crippen molar-refractivity contribution in [1.82, 2.24) is 0 Å². The van der Waals surface area contributed by atoms with Crippen LogP contribution in [0.5, 0.6) is 0 Å². The summed E-state index contributed by atoms with van der Waals surface area (Å²) in [6.07, 6.45) is 0.970. The Morgan fingerprint density at radius 3 is 2.00 bits per heavy atom. The van der Waals surface area contributed by atoms with Gasteiger partial charge in [-0.1, -0.05) is 20.8 Å². The monoisotopic (exact) mass is 201 g/mol. The zero-order chi connectivity index (χ0) is 11.6. The van der Waals surface area contributed by atoms with E-state index in [1.165, 1.54) is 0 Å². The van der Waals surface area contributed by atoms with E-state index in [-0.39, 0.29) is 11.8 Å². The Hall–Kier alpha value is -0.570. The number of rotatable bonds is 5. The molecule has 0 radical (unpaired) electrons. The number of carbonyl (C=O) groups is 1. The third kappa shape index (κ3) is 3.66. The predicted molar refractivity (Wildman–Crippen MR) is 58.1 cm³/mol. The van der Waals surface area contributed by atoms with Crippen molar-refractivity contribution < 1.29 is 9.90 Å². The van der Waals surface area contributed by atoms with Gasteiger partial charge < -0.3 is 10.8 Å². The van der Waals surface area contributed by atoms with Crippen LogP contribution in [0.15, 0.2) is 0 Å². The van der Waals surface area contributed by atoms with Crippen molar-refractivity contribution in [2.75, 3.05) is 0 Å². The Morgan fingerprint density at radius 1 is 1.36 bits per heavy atom. The van der Waals surface area contributed by atoms with E-state index in [0.29, 0.717) is 5.92 Å². The molecular formula is C11H23NO2. The third-order valence-corrected chi connectivity index (χ3v) is 2.96. The maximum Gasteiger partial charge on any atom is 0.303 e. The number of hydrogen-bond acceptors (Lipinski definition) is 2. The Bertz CT molecular complexity index is 206. The van der Waals surface area contributed by atoms with Crippen LogP contribution in [0, 0.1) is 11.3 Å². The minimum Gasteiger partial charge on any atom is -0.481 e. The summed E-state index contributed by atoms with van der Waals surface area (Å²) in [6, 6.07) is 0. The van der Waals surface area contributed by atoms with Crippen LogP contribution < -0.4 is 5.73 Å². The van der Waals surface area contributed by atoms with Gasteiger partial charge in [0.25, 0.3) is 0 Å². The molecule has 1 atom stereocenters. The second-order valence-electron chi connectivity index (χ2n) is 5.45. The van der Waals surface area contributed by atoms with Gasteiger partial charge in [-0.15, -0.1) is 0 Å². The van der Waals surface area contributed by atoms with Gasteiger partial charge in [-0.2, -0.15) is 0 Å². The van der Waals surface area contributed by atoms with E-state index >= 15 is 0 Å². The van der Waals surface area contributed by atoms with Crippen molar-refractivity contribution in [1.29, 1.82) is 0 Å². The van der Waals surface area contributed by atoms with E-state index in [9.17, 15) is 4.79 Å². The van der Waals surface area contributed by atoms with Crippen molar-refractivity contribution in [2.24, 2.45) is 17.1 Å². The fourth-order valence-electron chi connectivity index (χ4n) is 1.80. The fourth-order valence-corrected chi connectivity index (χ4v) is 1.80.